The Kier molecular flexibility index (Phi) is 8.97. The highest BCUT2D eigenvalue weighted by Gasteiger charge is 2.11. The lowest BCUT2D eigenvalue weighted by Gasteiger charge is -2.17. The monoisotopic (exact) mass is 505 g/mol. The van der Waals surface area contributed by atoms with E-state index in [1.165, 1.54) is 12.1 Å². The van der Waals surface area contributed by atoms with Gasteiger partial charge in [-0.2, -0.15) is 5.10 Å². The lowest BCUT2D eigenvalue weighted by atomic mass is 10.1. The summed E-state index contributed by atoms with van der Waals surface area (Å²) in [4.78, 5) is 32.1. The largest absolute Gasteiger partial charge is 0.478 e. The molecule has 1 atom stereocenters. The fourth-order valence-electron chi connectivity index (χ4n) is 3.10. The van der Waals surface area contributed by atoms with E-state index >= 15 is 0 Å². The van der Waals surface area contributed by atoms with Gasteiger partial charge in [-0.3, -0.25) is 9.67 Å². The highest BCUT2D eigenvalue weighted by Crippen LogP contribution is 2.28. The van der Waals surface area contributed by atoms with Gasteiger partial charge in [0.15, 0.2) is 0 Å². The number of nitrogens with one attached hydrogen (secondary N) is 2. The Morgan fingerprint density at radius 2 is 1.65 bits per heavy atom. The van der Waals surface area contributed by atoms with Crippen LogP contribution in [0.4, 0.5) is 21.8 Å². The molecular weight excluding hydrogens is 481 g/mol. The zero-order valence-electron chi connectivity index (χ0n) is 19.9. The van der Waals surface area contributed by atoms with Crippen molar-refractivity contribution in [1.29, 1.82) is 0 Å². The van der Waals surface area contributed by atoms with E-state index in [9.17, 15) is 14.0 Å². The number of carbonyl (C=O) groups is 2. The number of pyridine rings is 1. The van der Waals surface area contributed by atoms with Crippen LogP contribution in [0.2, 0.25) is 0 Å². The van der Waals surface area contributed by atoms with Crippen LogP contribution in [0.3, 0.4) is 0 Å². The summed E-state index contributed by atoms with van der Waals surface area (Å²) in [6, 6.07) is 10.3. The van der Waals surface area contributed by atoms with Crippen LogP contribution in [-0.2, 0) is 16.6 Å². The molecule has 0 spiro atoms. The average molecular weight is 506 g/mol. The molecule has 12 heteroatoms. The van der Waals surface area contributed by atoms with Crippen LogP contribution in [0, 0.1) is 5.82 Å². The Hall–Kier alpha value is -5.13. The summed E-state index contributed by atoms with van der Waals surface area (Å²) in [6.45, 7) is 2.00. The maximum Gasteiger partial charge on any atom is 0.328 e. The molecule has 0 saturated heterocycles. The molecule has 3 aromatic heterocycles. The van der Waals surface area contributed by atoms with Crippen molar-refractivity contribution in [1.82, 2.24) is 24.7 Å². The van der Waals surface area contributed by atoms with Gasteiger partial charge in [-0.1, -0.05) is 12.1 Å². The molecular formula is C25H24FN7O4. The Morgan fingerprint density at radius 1 is 0.973 bits per heavy atom. The third-order valence-corrected chi connectivity index (χ3v) is 4.79. The normalized spacial score (nSPS) is 11.3. The van der Waals surface area contributed by atoms with E-state index in [0.29, 0.717) is 29.6 Å². The summed E-state index contributed by atoms with van der Waals surface area (Å²) in [5.41, 5.74) is 2.88. The first kappa shape index (κ1) is 26.5. The number of aliphatic carboxylic acids is 2. The van der Waals surface area contributed by atoms with Crippen molar-refractivity contribution in [2.45, 2.75) is 13.0 Å². The van der Waals surface area contributed by atoms with Crippen LogP contribution < -0.4 is 10.6 Å². The third-order valence-electron chi connectivity index (χ3n) is 4.79. The first-order chi connectivity index (χ1) is 17.7. The molecule has 0 bridgehead atoms. The predicted molar refractivity (Wildman–Crippen MR) is 135 cm³/mol. The van der Waals surface area contributed by atoms with E-state index in [1.807, 2.05) is 32.3 Å². The fraction of sp³-hybridized carbons (Fsp3) is 0.120. The van der Waals surface area contributed by atoms with Crippen LogP contribution in [0.15, 0.2) is 79.5 Å². The molecule has 11 nitrogen and oxygen atoms in total. The SMILES string of the molecule is C[C@H](Nc1cc(-c2cnn(C)c2)cc(Nc2cnccn2)n1)c1ccc(F)cc1.O=C(O)/C=C\C(=O)O. The lowest BCUT2D eigenvalue weighted by Crippen LogP contribution is -2.09. The molecule has 4 aromatic rings. The van der Waals surface area contributed by atoms with Gasteiger partial charge in [-0.15, -0.1) is 0 Å². The molecule has 0 radical (unpaired) electrons. The number of carboxylic acids is 2. The summed E-state index contributed by atoms with van der Waals surface area (Å²) in [7, 11) is 1.87. The summed E-state index contributed by atoms with van der Waals surface area (Å²) in [6.07, 6.45) is 9.71. The van der Waals surface area contributed by atoms with Gasteiger partial charge in [0.05, 0.1) is 12.4 Å². The quantitative estimate of drug-likeness (QED) is 0.258. The second-order valence-corrected chi connectivity index (χ2v) is 7.67. The molecule has 0 saturated carbocycles. The molecule has 0 aliphatic carbocycles. The maximum atomic E-state index is 13.2. The van der Waals surface area contributed by atoms with E-state index < -0.39 is 11.9 Å². The minimum absolute atomic E-state index is 0.0587. The fourth-order valence-corrected chi connectivity index (χ4v) is 3.10. The van der Waals surface area contributed by atoms with Crippen molar-refractivity contribution in [3.05, 3.63) is 90.9 Å². The summed E-state index contributed by atoms with van der Waals surface area (Å²) >= 11 is 0. The van der Waals surface area contributed by atoms with Gasteiger partial charge in [0, 0.05) is 49.4 Å². The van der Waals surface area contributed by atoms with E-state index in [0.717, 1.165) is 16.7 Å². The van der Waals surface area contributed by atoms with Crippen molar-refractivity contribution in [2.75, 3.05) is 10.6 Å². The molecule has 3 heterocycles. The van der Waals surface area contributed by atoms with Crippen LogP contribution in [-0.4, -0.2) is 46.9 Å². The highest BCUT2D eigenvalue weighted by molar-refractivity contribution is 5.89. The van der Waals surface area contributed by atoms with Gasteiger partial charge in [0.1, 0.15) is 23.3 Å². The first-order valence-corrected chi connectivity index (χ1v) is 10.9. The molecule has 37 heavy (non-hydrogen) atoms. The maximum absolute atomic E-state index is 13.2. The first-order valence-electron chi connectivity index (χ1n) is 10.9. The van der Waals surface area contributed by atoms with Crippen LogP contribution >= 0.6 is 0 Å². The molecule has 4 N–H and O–H groups in total. The molecule has 1 aromatic carbocycles. The summed E-state index contributed by atoms with van der Waals surface area (Å²) in [5.74, 6) is -0.871. The Balaban J connectivity index is 0.000000414. The van der Waals surface area contributed by atoms with Gasteiger partial charge >= 0.3 is 11.9 Å². The van der Waals surface area contributed by atoms with E-state index in [2.05, 4.69) is 30.7 Å². The number of rotatable bonds is 8. The Morgan fingerprint density at radius 3 is 2.22 bits per heavy atom. The number of anilines is 3. The number of hydrogen-bond donors (Lipinski definition) is 4. The number of aromatic nitrogens is 5. The Bertz CT molecular complexity index is 1360. The number of carboxylic acid groups (broad SMARTS) is 2. The van der Waals surface area contributed by atoms with Crippen molar-refractivity contribution >= 4 is 29.4 Å². The predicted octanol–water partition coefficient (Wildman–Crippen LogP) is 4.04. The zero-order chi connectivity index (χ0) is 26.8. The van der Waals surface area contributed by atoms with Gasteiger partial charge < -0.3 is 20.8 Å². The van der Waals surface area contributed by atoms with E-state index in [1.54, 1.807) is 41.6 Å². The van der Waals surface area contributed by atoms with Crippen molar-refractivity contribution < 1.29 is 24.2 Å². The molecule has 0 fully saturated rings. The summed E-state index contributed by atoms with van der Waals surface area (Å²) < 4.78 is 15.0. The Labute approximate surface area is 211 Å². The topological polar surface area (TPSA) is 155 Å². The highest BCUT2D eigenvalue weighted by atomic mass is 19.1. The minimum atomic E-state index is -1.26. The van der Waals surface area contributed by atoms with Gasteiger partial charge in [-0.05, 0) is 42.3 Å². The second kappa shape index (κ2) is 12.5. The van der Waals surface area contributed by atoms with Crippen LogP contribution in [0.25, 0.3) is 11.1 Å². The number of hydrogen-bond acceptors (Lipinski definition) is 8. The molecule has 0 amide bonds. The molecule has 0 unspecified atom stereocenters. The van der Waals surface area contributed by atoms with Gasteiger partial charge in [-0.25, -0.2) is 23.9 Å². The standard InChI is InChI=1S/C21H20FN7.C4H4O4/c1-14(15-3-5-18(22)6-4-15)26-19-9-16(17-11-25-29(2)13-17)10-20(27-19)28-21-12-23-7-8-24-21;5-3(6)1-2-4(7)8/h3-14H,1-2H3,(H2,24,26,27,28);1-2H,(H,5,6)(H,7,8)/b;2-1-/t14-;/m0./s1. The lowest BCUT2D eigenvalue weighted by molar-refractivity contribution is -0.134. The van der Waals surface area contributed by atoms with Gasteiger partial charge in [0.2, 0.25) is 0 Å². The second-order valence-electron chi connectivity index (χ2n) is 7.67. The van der Waals surface area contributed by atoms with Crippen LogP contribution in [0.5, 0.6) is 0 Å². The van der Waals surface area contributed by atoms with Crippen molar-refractivity contribution in [3.63, 3.8) is 0 Å². The number of benzene rings is 1. The average Bonchev–Trinajstić information content (AvgIpc) is 3.30. The number of aryl methyl sites for hydroxylation is 1. The molecule has 4 rings (SSSR count). The van der Waals surface area contributed by atoms with Crippen LogP contribution in [0.1, 0.15) is 18.5 Å². The zero-order valence-corrected chi connectivity index (χ0v) is 19.9. The van der Waals surface area contributed by atoms with Crippen molar-refractivity contribution in [2.24, 2.45) is 7.05 Å². The van der Waals surface area contributed by atoms with E-state index in [4.69, 9.17) is 10.2 Å². The van der Waals surface area contributed by atoms with Crippen molar-refractivity contribution in [3.8, 4) is 11.1 Å². The molecule has 0 aliphatic heterocycles. The van der Waals surface area contributed by atoms with Gasteiger partial charge in [0.25, 0.3) is 0 Å². The number of halogens is 1. The molecule has 0 aliphatic rings. The third kappa shape index (κ3) is 8.55. The smallest absolute Gasteiger partial charge is 0.328 e. The minimum Gasteiger partial charge on any atom is -0.478 e. The molecule has 190 valence electrons. The summed E-state index contributed by atoms with van der Waals surface area (Å²) in [5, 5.41) is 26.4. The number of nitrogens with zero attached hydrogens (tertiary/aromatic N) is 5. The van der Waals surface area contributed by atoms with E-state index in [-0.39, 0.29) is 11.9 Å².